The van der Waals surface area contributed by atoms with E-state index < -0.39 is 0 Å². The van der Waals surface area contributed by atoms with Gasteiger partial charge in [0, 0.05) is 23.3 Å². The van der Waals surface area contributed by atoms with Gasteiger partial charge in [0.05, 0.1) is 0 Å². The molecule has 5 heteroatoms. The first-order valence-electron chi connectivity index (χ1n) is 6.83. The summed E-state index contributed by atoms with van der Waals surface area (Å²) >= 11 is 8.07. The monoisotopic (exact) mass is 301 g/mol. The summed E-state index contributed by atoms with van der Waals surface area (Å²) in [6.45, 7) is 9.37. The standard InChI is InChI=1S/C14H24ClN3S/c1-6-11-17-12(15)10(4)13(18-11)16-9-14(7-2,8-3)19-5/h6-9H2,1-5H3,(H,16,17,18). The lowest BCUT2D eigenvalue weighted by Crippen LogP contribution is -2.32. The predicted octanol–water partition coefficient (Wildman–Crippen LogP) is 4.33. The Labute approximate surface area is 125 Å². The van der Waals surface area contributed by atoms with Gasteiger partial charge in [-0.3, -0.25) is 0 Å². The molecule has 0 spiro atoms. The van der Waals surface area contributed by atoms with Crippen LogP contribution in [0.3, 0.4) is 0 Å². The van der Waals surface area contributed by atoms with Crippen molar-refractivity contribution in [2.45, 2.75) is 51.7 Å². The first kappa shape index (κ1) is 16.6. The van der Waals surface area contributed by atoms with Crippen LogP contribution in [0.2, 0.25) is 5.15 Å². The molecule has 1 aromatic rings. The van der Waals surface area contributed by atoms with Gasteiger partial charge >= 0.3 is 0 Å². The molecule has 0 saturated heterocycles. The van der Waals surface area contributed by atoms with Crippen molar-refractivity contribution in [1.82, 2.24) is 9.97 Å². The third-order valence-corrected chi connectivity index (χ3v) is 5.70. The highest BCUT2D eigenvalue weighted by molar-refractivity contribution is 8.00. The molecule has 0 aliphatic heterocycles. The van der Waals surface area contributed by atoms with E-state index in [1.807, 2.05) is 25.6 Å². The number of thioether (sulfide) groups is 1. The van der Waals surface area contributed by atoms with Crippen molar-refractivity contribution in [3.05, 3.63) is 16.5 Å². The summed E-state index contributed by atoms with van der Waals surface area (Å²) in [6, 6.07) is 0. The fraction of sp³-hybridized carbons (Fsp3) is 0.714. The second-order valence-corrected chi connectivity index (χ2v) is 6.34. The molecular weight excluding hydrogens is 278 g/mol. The maximum absolute atomic E-state index is 6.15. The largest absolute Gasteiger partial charge is 0.368 e. The maximum atomic E-state index is 6.15. The van der Waals surface area contributed by atoms with E-state index in [1.165, 1.54) is 0 Å². The molecule has 1 rings (SSSR count). The lowest BCUT2D eigenvalue weighted by Gasteiger charge is -2.30. The van der Waals surface area contributed by atoms with E-state index in [1.54, 1.807) is 0 Å². The molecule has 19 heavy (non-hydrogen) atoms. The third kappa shape index (κ3) is 3.99. The molecule has 0 bridgehead atoms. The van der Waals surface area contributed by atoms with Crippen molar-refractivity contribution in [2.75, 3.05) is 18.1 Å². The molecule has 0 aromatic carbocycles. The zero-order valence-corrected chi connectivity index (χ0v) is 14.1. The first-order valence-corrected chi connectivity index (χ1v) is 8.44. The molecule has 3 nitrogen and oxygen atoms in total. The number of halogens is 1. The Balaban J connectivity index is 2.90. The summed E-state index contributed by atoms with van der Waals surface area (Å²) in [5, 5.41) is 4.02. The Kier molecular flexibility index (Phi) is 6.40. The average Bonchev–Trinajstić information content (AvgIpc) is 2.45. The molecule has 0 saturated carbocycles. The molecule has 1 heterocycles. The fourth-order valence-electron chi connectivity index (χ4n) is 1.97. The summed E-state index contributed by atoms with van der Waals surface area (Å²) in [5.41, 5.74) is 0.932. The van der Waals surface area contributed by atoms with E-state index in [0.29, 0.717) is 5.15 Å². The number of nitrogens with one attached hydrogen (secondary N) is 1. The van der Waals surface area contributed by atoms with Crippen LogP contribution in [-0.2, 0) is 6.42 Å². The minimum Gasteiger partial charge on any atom is -0.368 e. The Morgan fingerprint density at radius 2 is 1.84 bits per heavy atom. The van der Waals surface area contributed by atoms with Crippen molar-refractivity contribution in [1.29, 1.82) is 0 Å². The normalized spacial score (nSPS) is 11.7. The van der Waals surface area contributed by atoms with Gasteiger partial charge in [0.25, 0.3) is 0 Å². The van der Waals surface area contributed by atoms with E-state index in [2.05, 4.69) is 35.4 Å². The lowest BCUT2D eigenvalue weighted by atomic mass is 10.0. The van der Waals surface area contributed by atoms with E-state index in [0.717, 1.165) is 43.0 Å². The molecular formula is C14H24ClN3S. The number of aromatic nitrogens is 2. The van der Waals surface area contributed by atoms with Gasteiger partial charge < -0.3 is 5.32 Å². The summed E-state index contributed by atoms with van der Waals surface area (Å²) in [6.07, 6.45) is 5.24. The molecule has 0 amide bonds. The quantitative estimate of drug-likeness (QED) is 0.761. The third-order valence-electron chi connectivity index (χ3n) is 3.75. The van der Waals surface area contributed by atoms with E-state index >= 15 is 0 Å². The van der Waals surface area contributed by atoms with Gasteiger partial charge in [0.15, 0.2) is 0 Å². The van der Waals surface area contributed by atoms with Crippen molar-refractivity contribution >= 4 is 29.2 Å². The molecule has 0 aliphatic rings. The fourth-order valence-corrected chi connectivity index (χ4v) is 2.95. The van der Waals surface area contributed by atoms with Gasteiger partial charge in [-0.15, -0.1) is 0 Å². The SMILES string of the molecule is CCc1nc(Cl)c(C)c(NCC(CC)(CC)SC)n1. The molecule has 0 radical (unpaired) electrons. The summed E-state index contributed by atoms with van der Waals surface area (Å²) in [7, 11) is 0. The van der Waals surface area contributed by atoms with Gasteiger partial charge in [-0.2, -0.15) is 11.8 Å². The van der Waals surface area contributed by atoms with Crippen molar-refractivity contribution in [3.63, 3.8) is 0 Å². The summed E-state index contributed by atoms with van der Waals surface area (Å²) in [5.74, 6) is 1.66. The Hall–Kier alpha value is -0.480. The average molecular weight is 302 g/mol. The van der Waals surface area contributed by atoms with Crippen LogP contribution < -0.4 is 5.32 Å². The number of nitrogens with zero attached hydrogens (tertiary/aromatic N) is 2. The van der Waals surface area contributed by atoms with Crippen molar-refractivity contribution in [2.24, 2.45) is 0 Å². The van der Waals surface area contributed by atoms with Crippen LogP contribution in [0, 0.1) is 6.92 Å². The van der Waals surface area contributed by atoms with Crippen LogP contribution in [0.4, 0.5) is 5.82 Å². The lowest BCUT2D eigenvalue weighted by molar-refractivity contribution is 0.573. The Morgan fingerprint density at radius 1 is 1.21 bits per heavy atom. The van der Waals surface area contributed by atoms with Crippen molar-refractivity contribution < 1.29 is 0 Å². The smallest absolute Gasteiger partial charge is 0.137 e. The highest BCUT2D eigenvalue weighted by Crippen LogP contribution is 2.31. The summed E-state index contributed by atoms with van der Waals surface area (Å²) < 4.78 is 0.260. The minimum absolute atomic E-state index is 0.260. The van der Waals surface area contributed by atoms with E-state index in [4.69, 9.17) is 11.6 Å². The zero-order chi connectivity index (χ0) is 14.5. The highest BCUT2D eigenvalue weighted by atomic mass is 35.5. The molecule has 1 aromatic heterocycles. The van der Waals surface area contributed by atoms with Crippen LogP contribution in [-0.4, -0.2) is 27.5 Å². The van der Waals surface area contributed by atoms with Crippen LogP contribution >= 0.6 is 23.4 Å². The minimum atomic E-state index is 0.260. The van der Waals surface area contributed by atoms with Gasteiger partial charge in [-0.05, 0) is 26.0 Å². The van der Waals surface area contributed by atoms with E-state index in [-0.39, 0.29) is 4.75 Å². The predicted molar refractivity (Wildman–Crippen MR) is 86.5 cm³/mol. The van der Waals surface area contributed by atoms with Gasteiger partial charge in [-0.25, -0.2) is 9.97 Å². The number of aryl methyl sites for hydroxylation is 1. The number of hydrogen-bond donors (Lipinski definition) is 1. The molecule has 1 N–H and O–H groups in total. The summed E-state index contributed by atoms with van der Waals surface area (Å²) in [4.78, 5) is 8.81. The second-order valence-electron chi connectivity index (χ2n) is 4.71. The van der Waals surface area contributed by atoms with Crippen LogP contribution in [0.15, 0.2) is 0 Å². The molecule has 0 atom stereocenters. The van der Waals surface area contributed by atoms with Gasteiger partial charge in [0.2, 0.25) is 0 Å². The number of rotatable bonds is 7. The number of hydrogen-bond acceptors (Lipinski definition) is 4. The topological polar surface area (TPSA) is 37.8 Å². The first-order chi connectivity index (χ1) is 9.01. The molecule has 108 valence electrons. The number of anilines is 1. The van der Waals surface area contributed by atoms with E-state index in [9.17, 15) is 0 Å². The van der Waals surface area contributed by atoms with Crippen LogP contribution in [0.5, 0.6) is 0 Å². The highest BCUT2D eigenvalue weighted by Gasteiger charge is 2.25. The second kappa shape index (κ2) is 7.34. The van der Waals surface area contributed by atoms with Gasteiger partial charge in [-0.1, -0.05) is 32.4 Å². The Morgan fingerprint density at radius 3 is 2.32 bits per heavy atom. The molecule has 0 fully saturated rings. The zero-order valence-electron chi connectivity index (χ0n) is 12.5. The maximum Gasteiger partial charge on any atom is 0.137 e. The Bertz CT molecular complexity index is 411. The van der Waals surface area contributed by atoms with Gasteiger partial charge in [0.1, 0.15) is 16.8 Å². The van der Waals surface area contributed by atoms with Crippen LogP contribution in [0.1, 0.15) is 45.0 Å². The van der Waals surface area contributed by atoms with Crippen molar-refractivity contribution in [3.8, 4) is 0 Å². The molecule has 0 unspecified atom stereocenters. The molecule has 0 aliphatic carbocycles. The van der Waals surface area contributed by atoms with Crippen LogP contribution in [0.25, 0.3) is 0 Å².